The van der Waals surface area contributed by atoms with Crippen LogP contribution < -0.4 is 5.32 Å². The molecule has 0 saturated heterocycles. The summed E-state index contributed by atoms with van der Waals surface area (Å²) >= 11 is 0. The minimum absolute atomic E-state index is 0.271. The number of hydrogen-bond donors (Lipinski definition) is 3. The first-order valence-electron chi connectivity index (χ1n) is 8.44. The molecule has 1 atom stereocenters. The molecule has 1 aromatic carbocycles. The average Bonchev–Trinajstić information content (AvgIpc) is 2.70. The highest BCUT2D eigenvalue weighted by Gasteiger charge is 2.29. The molecule has 1 unspecified atom stereocenters. The topological polar surface area (TPSA) is 52.5 Å². The van der Waals surface area contributed by atoms with E-state index in [0.717, 1.165) is 38.5 Å². The summed E-state index contributed by atoms with van der Waals surface area (Å²) in [5.74, 6) is 0.343. The van der Waals surface area contributed by atoms with Crippen molar-refractivity contribution in [1.82, 2.24) is 5.32 Å². The van der Waals surface area contributed by atoms with Crippen molar-refractivity contribution in [1.29, 1.82) is 0 Å². The predicted molar refractivity (Wildman–Crippen MR) is 84.4 cm³/mol. The lowest BCUT2D eigenvalue weighted by molar-refractivity contribution is 0.0221. The molecule has 2 aliphatic rings. The van der Waals surface area contributed by atoms with Gasteiger partial charge in [-0.3, -0.25) is 0 Å². The van der Waals surface area contributed by atoms with Crippen LogP contribution in [-0.2, 0) is 6.42 Å². The molecule has 3 nitrogen and oxygen atoms in total. The number of benzene rings is 1. The van der Waals surface area contributed by atoms with Gasteiger partial charge in [-0.1, -0.05) is 31.7 Å². The Labute approximate surface area is 127 Å². The Morgan fingerprint density at radius 1 is 1.10 bits per heavy atom. The smallest absolute Gasteiger partial charge is 0.115 e. The second kappa shape index (κ2) is 6.37. The van der Waals surface area contributed by atoms with Crippen molar-refractivity contribution in [2.24, 2.45) is 0 Å². The molecule has 3 rings (SSSR count). The average molecular weight is 289 g/mol. The van der Waals surface area contributed by atoms with Gasteiger partial charge in [0.2, 0.25) is 0 Å². The highest BCUT2D eigenvalue weighted by molar-refractivity contribution is 5.38. The van der Waals surface area contributed by atoms with Crippen LogP contribution in [0.4, 0.5) is 0 Å². The fourth-order valence-corrected chi connectivity index (χ4v) is 3.88. The van der Waals surface area contributed by atoms with E-state index in [1.807, 2.05) is 12.1 Å². The van der Waals surface area contributed by atoms with Crippen molar-refractivity contribution >= 4 is 0 Å². The minimum atomic E-state index is -0.537. The third-order valence-corrected chi connectivity index (χ3v) is 5.16. The Morgan fingerprint density at radius 2 is 1.86 bits per heavy atom. The zero-order chi connectivity index (χ0) is 14.7. The van der Waals surface area contributed by atoms with Crippen LogP contribution in [0.5, 0.6) is 5.75 Å². The van der Waals surface area contributed by atoms with E-state index in [4.69, 9.17) is 0 Å². The zero-order valence-corrected chi connectivity index (χ0v) is 12.8. The second-order valence-corrected chi connectivity index (χ2v) is 6.85. The molecule has 1 saturated carbocycles. The third-order valence-electron chi connectivity index (χ3n) is 5.16. The van der Waals surface area contributed by atoms with Gasteiger partial charge >= 0.3 is 0 Å². The van der Waals surface area contributed by atoms with E-state index >= 15 is 0 Å². The van der Waals surface area contributed by atoms with Gasteiger partial charge in [0.1, 0.15) is 5.75 Å². The number of phenolic OH excluding ortho intramolecular Hbond substituents is 1. The molecule has 0 heterocycles. The predicted octanol–water partition coefficient (Wildman–Crippen LogP) is 3.44. The number of hydrogen-bond acceptors (Lipinski definition) is 3. The number of aliphatic hydroxyl groups is 1. The van der Waals surface area contributed by atoms with Crippen LogP contribution in [0.25, 0.3) is 0 Å². The Morgan fingerprint density at radius 3 is 2.62 bits per heavy atom. The molecule has 1 fully saturated rings. The van der Waals surface area contributed by atoms with Gasteiger partial charge in [-0.15, -0.1) is 0 Å². The van der Waals surface area contributed by atoms with Crippen LogP contribution in [0.1, 0.15) is 68.5 Å². The maximum atomic E-state index is 10.8. The number of phenols is 1. The Balaban J connectivity index is 1.67. The summed E-state index contributed by atoms with van der Waals surface area (Å²) < 4.78 is 0. The standard InChI is InChI=1S/C18H27NO2/c20-15-9-8-14-6-5-7-17(16(14)12-15)19-13-18(21)10-3-1-2-4-11-18/h8-9,12,17,19-21H,1-7,10-11,13H2. The Bertz CT molecular complexity index is 478. The van der Waals surface area contributed by atoms with Gasteiger partial charge in [-0.2, -0.15) is 0 Å². The molecule has 21 heavy (non-hydrogen) atoms. The molecule has 1 aromatic rings. The van der Waals surface area contributed by atoms with E-state index in [1.54, 1.807) is 6.07 Å². The molecule has 3 N–H and O–H groups in total. The molecule has 0 spiro atoms. The maximum absolute atomic E-state index is 10.8. The van der Waals surface area contributed by atoms with E-state index in [2.05, 4.69) is 5.32 Å². The summed E-state index contributed by atoms with van der Waals surface area (Å²) in [4.78, 5) is 0. The fourth-order valence-electron chi connectivity index (χ4n) is 3.88. The molecule has 0 radical (unpaired) electrons. The Kier molecular flexibility index (Phi) is 4.51. The first kappa shape index (κ1) is 14.9. The van der Waals surface area contributed by atoms with Gasteiger partial charge in [0.15, 0.2) is 0 Å². The molecule has 2 aliphatic carbocycles. The van der Waals surface area contributed by atoms with Crippen LogP contribution in [-0.4, -0.2) is 22.4 Å². The third kappa shape index (κ3) is 3.58. The van der Waals surface area contributed by atoms with Crippen molar-refractivity contribution in [2.45, 2.75) is 69.4 Å². The van der Waals surface area contributed by atoms with Crippen LogP contribution in [0, 0.1) is 0 Å². The van der Waals surface area contributed by atoms with E-state index in [0.29, 0.717) is 12.3 Å². The monoisotopic (exact) mass is 289 g/mol. The lowest BCUT2D eigenvalue weighted by Crippen LogP contribution is -2.42. The fraction of sp³-hybridized carbons (Fsp3) is 0.667. The summed E-state index contributed by atoms with van der Waals surface area (Å²) in [5.41, 5.74) is 2.02. The summed E-state index contributed by atoms with van der Waals surface area (Å²) in [6, 6.07) is 5.98. The summed E-state index contributed by atoms with van der Waals surface area (Å²) in [6.07, 6.45) is 9.98. The first-order chi connectivity index (χ1) is 10.2. The molecule has 0 bridgehead atoms. The molecular weight excluding hydrogens is 262 g/mol. The van der Waals surface area contributed by atoms with E-state index in [-0.39, 0.29) is 6.04 Å². The number of nitrogens with one attached hydrogen (secondary N) is 1. The van der Waals surface area contributed by atoms with Gasteiger partial charge in [0.05, 0.1) is 5.60 Å². The van der Waals surface area contributed by atoms with Gasteiger partial charge < -0.3 is 15.5 Å². The lowest BCUT2D eigenvalue weighted by Gasteiger charge is -2.32. The van der Waals surface area contributed by atoms with Crippen LogP contribution in [0.15, 0.2) is 18.2 Å². The quantitative estimate of drug-likeness (QED) is 0.747. The number of rotatable bonds is 3. The lowest BCUT2D eigenvalue weighted by atomic mass is 9.86. The number of aromatic hydroxyl groups is 1. The van der Waals surface area contributed by atoms with Crippen LogP contribution in [0.2, 0.25) is 0 Å². The van der Waals surface area contributed by atoms with Gasteiger partial charge in [0, 0.05) is 12.6 Å². The summed E-state index contributed by atoms with van der Waals surface area (Å²) in [7, 11) is 0. The number of aryl methyl sites for hydroxylation is 1. The SMILES string of the molecule is Oc1ccc2c(c1)C(NCC1(O)CCCCCC1)CCC2. The van der Waals surface area contributed by atoms with Crippen molar-refractivity contribution in [3.63, 3.8) is 0 Å². The molecular formula is C18H27NO2. The summed E-state index contributed by atoms with van der Waals surface area (Å²) in [6.45, 7) is 0.673. The highest BCUT2D eigenvalue weighted by Crippen LogP contribution is 2.33. The maximum Gasteiger partial charge on any atom is 0.115 e. The normalized spacial score (nSPS) is 25.1. The first-order valence-corrected chi connectivity index (χ1v) is 8.44. The minimum Gasteiger partial charge on any atom is -0.508 e. The molecule has 0 aliphatic heterocycles. The van der Waals surface area contributed by atoms with E-state index in [1.165, 1.54) is 30.4 Å². The van der Waals surface area contributed by atoms with E-state index < -0.39 is 5.60 Å². The molecule has 3 heteroatoms. The summed E-state index contributed by atoms with van der Waals surface area (Å²) in [5, 5.41) is 24.1. The van der Waals surface area contributed by atoms with Gasteiger partial charge in [-0.05, 0) is 55.4 Å². The largest absolute Gasteiger partial charge is 0.508 e. The molecule has 0 amide bonds. The van der Waals surface area contributed by atoms with Gasteiger partial charge in [0.25, 0.3) is 0 Å². The van der Waals surface area contributed by atoms with Crippen LogP contribution in [0.3, 0.4) is 0 Å². The highest BCUT2D eigenvalue weighted by atomic mass is 16.3. The second-order valence-electron chi connectivity index (χ2n) is 6.85. The molecule has 116 valence electrons. The van der Waals surface area contributed by atoms with Crippen LogP contribution >= 0.6 is 0 Å². The Hall–Kier alpha value is -1.06. The van der Waals surface area contributed by atoms with Crippen molar-refractivity contribution in [3.05, 3.63) is 29.3 Å². The van der Waals surface area contributed by atoms with Crippen molar-refractivity contribution in [2.75, 3.05) is 6.54 Å². The van der Waals surface area contributed by atoms with Crippen molar-refractivity contribution < 1.29 is 10.2 Å². The van der Waals surface area contributed by atoms with E-state index in [9.17, 15) is 10.2 Å². The molecule has 0 aromatic heterocycles. The van der Waals surface area contributed by atoms with Gasteiger partial charge in [-0.25, -0.2) is 0 Å². The number of fused-ring (bicyclic) bond motifs is 1. The van der Waals surface area contributed by atoms with Crippen molar-refractivity contribution in [3.8, 4) is 5.75 Å². The zero-order valence-electron chi connectivity index (χ0n) is 12.8.